The molecular weight excluding hydrogens is 272 g/mol. The fourth-order valence-corrected chi connectivity index (χ4v) is 1.95. The number of nitrogens with two attached hydrogens (primary N) is 1. The highest BCUT2D eigenvalue weighted by Crippen LogP contribution is 2.28. The zero-order valence-corrected chi connectivity index (χ0v) is 12.7. The smallest absolute Gasteiger partial charge is 0.219 e. The van der Waals surface area contributed by atoms with Crippen LogP contribution in [0.4, 0.5) is 0 Å². The lowest BCUT2D eigenvalue weighted by molar-refractivity contribution is 0.455. The second-order valence-electron chi connectivity index (χ2n) is 5.69. The van der Waals surface area contributed by atoms with Gasteiger partial charge >= 0.3 is 0 Å². The van der Waals surface area contributed by atoms with Crippen molar-refractivity contribution in [3.63, 3.8) is 0 Å². The first-order valence-corrected chi connectivity index (χ1v) is 6.91. The van der Waals surface area contributed by atoms with Crippen molar-refractivity contribution < 1.29 is 4.74 Å². The summed E-state index contributed by atoms with van der Waals surface area (Å²) in [5, 5.41) is 0.614. The molecule has 1 aromatic heterocycles. The second-order valence-corrected chi connectivity index (χ2v) is 6.13. The van der Waals surface area contributed by atoms with E-state index in [9.17, 15) is 0 Å². The predicted octanol–water partition coefficient (Wildman–Crippen LogP) is 4.28. The number of benzene rings is 1. The standard InChI is InChI=1S/C16H19ClN2O/c1-16(2,3)12-5-7-15(19-10-12)20-14-8-13(17)6-4-11(14)9-18/h4-8,10H,9,18H2,1-3H3. The molecule has 0 amide bonds. The summed E-state index contributed by atoms with van der Waals surface area (Å²) in [4.78, 5) is 4.34. The van der Waals surface area contributed by atoms with Crippen molar-refractivity contribution >= 4 is 11.6 Å². The molecular formula is C16H19ClN2O. The Balaban J connectivity index is 2.24. The van der Waals surface area contributed by atoms with Gasteiger partial charge in [0.2, 0.25) is 5.88 Å². The van der Waals surface area contributed by atoms with Crippen LogP contribution in [0.1, 0.15) is 31.9 Å². The topological polar surface area (TPSA) is 48.1 Å². The van der Waals surface area contributed by atoms with Crippen molar-refractivity contribution in [3.05, 3.63) is 52.7 Å². The molecule has 20 heavy (non-hydrogen) atoms. The summed E-state index contributed by atoms with van der Waals surface area (Å²) >= 11 is 5.98. The normalized spacial score (nSPS) is 11.4. The maximum Gasteiger partial charge on any atom is 0.219 e. The number of hydrogen-bond donors (Lipinski definition) is 1. The average Bonchev–Trinajstić information content (AvgIpc) is 2.38. The van der Waals surface area contributed by atoms with Crippen LogP contribution in [0.5, 0.6) is 11.6 Å². The molecule has 0 bridgehead atoms. The summed E-state index contributed by atoms with van der Waals surface area (Å²) < 4.78 is 5.77. The van der Waals surface area contributed by atoms with E-state index in [1.165, 1.54) is 0 Å². The summed E-state index contributed by atoms with van der Waals surface area (Å²) in [6.45, 7) is 6.84. The van der Waals surface area contributed by atoms with Gasteiger partial charge in [-0.25, -0.2) is 4.98 Å². The van der Waals surface area contributed by atoms with Gasteiger partial charge in [0.15, 0.2) is 0 Å². The molecule has 0 saturated carbocycles. The highest BCUT2D eigenvalue weighted by molar-refractivity contribution is 6.30. The summed E-state index contributed by atoms with van der Waals surface area (Å²) in [5.41, 5.74) is 7.83. The fourth-order valence-electron chi connectivity index (χ4n) is 1.79. The molecule has 0 aliphatic rings. The molecule has 4 heteroatoms. The third-order valence-corrected chi connectivity index (χ3v) is 3.30. The summed E-state index contributed by atoms with van der Waals surface area (Å²) in [6, 6.07) is 9.30. The van der Waals surface area contributed by atoms with Gasteiger partial charge in [-0.1, -0.05) is 44.5 Å². The maximum atomic E-state index is 5.98. The SMILES string of the molecule is CC(C)(C)c1ccc(Oc2cc(Cl)ccc2CN)nc1. The third-order valence-electron chi connectivity index (χ3n) is 3.07. The van der Waals surface area contributed by atoms with Crippen LogP contribution in [0.2, 0.25) is 5.02 Å². The zero-order valence-electron chi connectivity index (χ0n) is 12.0. The Morgan fingerprint density at radius 3 is 2.50 bits per heavy atom. The molecule has 1 heterocycles. The van der Waals surface area contributed by atoms with Crippen molar-refractivity contribution in [1.29, 1.82) is 0 Å². The van der Waals surface area contributed by atoms with E-state index in [0.717, 1.165) is 11.1 Å². The van der Waals surface area contributed by atoms with Crippen LogP contribution in [0.3, 0.4) is 0 Å². The van der Waals surface area contributed by atoms with Crippen molar-refractivity contribution in [2.75, 3.05) is 0 Å². The molecule has 0 unspecified atom stereocenters. The number of aromatic nitrogens is 1. The van der Waals surface area contributed by atoms with Gasteiger partial charge in [-0.05, 0) is 23.1 Å². The first kappa shape index (κ1) is 14.8. The lowest BCUT2D eigenvalue weighted by Crippen LogP contribution is -2.11. The molecule has 1 aromatic carbocycles. The molecule has 2 aromatic rings. The van der Waals surface area contributed by atoms with Crippen molar-refractivity contribution in [2.45, 2.75) is 32.7 Å². The van der Waals surface area contributed by atoms with Crippen LogP contribution in [0.25, 0.3) is 0 Å². The van der Waals surface area contributed by atoms with Gasteiger partial charge in [-0.3, -0.25) is 0 Å². The van der Waals surface area contributed by atoms with Crippen LogP contribution in [0, 0.1) is 0 Å². The largest absolute Gasteiger partial charge is 0.439 e. The molecule has 0 saturated heterocycles. The lowest BCUT2D eigenvalue weighted by Gasteiger charge is -2.18. The van der Waals surface area contributed by atoms with Gasteiger partial charge in [0.1, 0.15) is 5.75 Å². The second kappa shape index (κ2) is 5.81. The van der Waals surface area contributed by atoms with Gasteiger partial charge in [0.05, 0.1) is 0 Å². The monoisotopic (exact) mass is 290 g/mol. The third kappa shape index (κ3) is 3.50. The van der Waals surface area contributed by atoms with E-state index in [1.54, 1.807) is 12.1 Å². The molecule has 2 N–H and O–H groups in total. The van der Waals surface area contributed by atoms with Gasteiger partial charge < -0.3 is 10.5 Å². The lowest BCUT2D eigenvalue weighted by atomic mass is 9.88. The van der Waals surface area contributed by atoms with Gasteiger partial charge in [-0.2, -0.15) is 0 Å². The number of pyridine rings is 1. The van der Waals surface area contributed by atoms with Crippen molar-refractivity contribution in [1.82, 2.24) is 4.98 Å². The van der Waals surface area contributed by atoms with Crippen molar-refractivity contribution in [3.8, 4) is 11.6 Å². The van der Waals surface area contributed by atoms with Crippen LogP contribution >= 0.6 is 11.6 Å². The number of nitrogens with zero attached hydrogens (tertiary/aromatic N) is 1. The molecule has 0 spiro atoms. The minimum absolute atomic E-state index is 0.0734. The molecule has 0 aliphatic carbocycles. The van der Waals surface area contributed by atoms with Crippen LogP contribution in [-0.4, -0.2) is 4.98 Å². The number of halogens is 1. The molecule has 0 radical (unpaired) electrons. The number of ether oxygens (including phenoxy) is 1. The Hall–Kier alpha value is -1.58. The van der Waals surface area contributed by atoms with E-state index in [2.05, 4.69) is 25.8 Å². The van der Waals surface area contributed by atoms with E-state index in [-0.39, 0.29) is 5.41 Å². The highest BCUT2D eigenvalue weighted by Gasteiger charge is 2.14. The fraction of sp³-hybridized carbons (Fsp3) is 0.312. The molecule has 0 fully saturated rings. The summed E-state index contributed by atoms with van der Waals surface area (Å²) in [5.74, 6) is 1.19. The average molecular weight is 291 g/mol. The van der Waals surface area contributed by atoms with E-state index in [4.69, 9.17) is 22.1 Å². The molecule has 2 rings (SSSR count). The highest BCUT2D eigenvalue weighted by atomic mass is 35.5. The molecule has 3 nitrogen and oxygen atoms in total. The Bertz CT molecular complexity index is 588. The van der Waals surface area contributed by atoms with Gasteiger partial charge in [0, 0.05) is 29.4 Å². The number of rotatable bonds is 3. The summed E-state index contributed by atoms with van der Waals surface area (Å²) in [6.07, 6.45) is 1.84. The Morgan fingerprint density at radius 1 is 1.20 bits per heavy atom. The Morgan fingerprint density at radius 2 is 1.95 bits per heavy atom. The zero-order chi connectivity index (χ0) is 14.8. The molecule has 106 valence electrons. The van der Waals surface area contributed by atoms with E-state index in [1.807, 2.05) is 24.4 Å². The maximum absolute atomic E-state index is 5.98. The predicted molar refractivity (Wildman–Crippen MR) is 82.4 cm³/mol. The minimum Gasteiger partial charge on any atom is -0.439 e. The van der Waals surface area contributed by atoms with Gasteiger partial charge in [-0.15, -0.1) is 0 Å². The quantitative estimate of drug-likeness (QED) is 0.917. The van der Waals surface area contributed by atoms with Crippen LogP contribution < -0.4 is 10.5 Å². The first-order valence-electron chi connectivity index (χ1n) is 6.53. The van der Waals surface area contributed by atoms with Crippen LogP contribution in [0.15, 0.2) is 36.5 Å². The van der Waals surface area contributed by atoms with E-state index < -0.39 is 0 Å². The first-order chi connectivity index (χ1) is 9.40. The van der Waals surface area contributed by atoms with E-state index in [0.29, 0.717) is 23.2 Å². The Kier molecular flexibility index (Phi) is 4.31. The molecule has 0 atom stereocenters. The van der Waals surface area contributed by atoms with Crippen LogP contribution in [-0.2, 0) is 12.0 Å². The molecule has 0 aliphatic heterocycles. The van der Waals surface area contributed by atoms with E-state index >= 15 is 0 Å². The Labute approximate surface area is 124 Å². The van der Waals surface area contributed by atoms with Crippen molar-refractivity contribution in [2.24, 2.45) is 5.73 Å². The van der Waals surface area contributed by atoms with Gasteiger partial charge in [0.25, 0.3) is 0 Å². The number of hydrogen-bond acceptors (Lipinski definition) is 3. The summed E-state index contributed by atoms with van der Waals surface area (Å²) in [7, 11) is 0. The minimum atomic E-state index is 0.0734.